The Hall–Kier alpha value is -0.860. The molecule has 1 aliphatic rings. The maximum atomic E-state index is 3.76. The van der Waals surface area contributed by atoms with Gasteiger partial charge < -0.3 is 10.6 Å². The maximum absolute atomic E-state index is 3.76. The van der Waals surface area contributed by atoms with Gasteiger partial charge in [-0.2, -0.15) is 0 Å². The van der Waals surface area contributed by atoms with Gasteiger partial charge in [0.1, 0.15) is 0 Å². The molecule has 0 bridgehead atoms. The van der Waals surface area contributed by atoms with Crippen LogP contribution in [0, 0.1) is 0 Å². The van der Waals surface area contributed by atoms with Gasteiger partial charge in [0, 0.05) is 17.1 Å². The molecule has 1 saturated heterocycles. The Labute approximate surface area is 124 Å². The van der Waals surface area contributed by atoms with Crippen molar-refractivity contribution < 1.29 is 0 Å². The Bertz CT molecular complexity index is 393. The molecule has 0 unspecified atom stereocenters. The number of benzene rings is 1. The largest absolute Gasteiger partial charge is 0.314 e. The van der Waals surface area contributed by atoms with Crippen LogP contribution in [0.2, 0.25) is 0 Å². The zero-order chi connectivity index (χ0) is 14.6. The molecule has 1 fully saturated rings. The second kappa shape index (κ2) is 6.28. The van der Waals surface area contributed by atoms with Crippen LogP contribution in [-0.2, 0) is 6.42 Å². The quantitative estimate of drug-likeness (QED) is 0.803. The van der Waals surface area contributed by atoms with Gasteiger partial charge in [-0.1, -0.05) is 30.3 Å². The summed E-state index contributed by atoms with van der Waals surface area (Å²) in [6, 6.07) is 11.4. The second-order valence-corrected chi connectivity index (χ2v) is 7.54. The highest BCUT2D eigenvalue weighted by Gasteiger charge is 2.37. The van der Waals surface area contributed by atoms with E-state index in [2.05, 4.69) is 68.7 Å². The number of hydrogen-bond donors (Lipinski definition) is 2. The number of aryl methyl sites for hydroxylation is 1. The maximum Gasteiger partial charge on any atom is 0.0144 e. The third-order valence-electron chi connectivity index (χ3n) is 4.11. The van der Waals surface area contributed by atoms with Crippen LogP contribution in [-0.4, -0.2) is 23.7 Å². The van der Waals surface area contributed by atoms with Crippen LogP contribution in [0.5, 0.6) is 0 Å². The summed E-state index contributed by atoms with van der Waals surface area (Å²) >= 11 is 0. The molecule has 0 spiro atoms. The molecule has 0 saturated carbocycles. The van der Waals surface area contributed by atoms with Gasteiger partial charge in [0.15, 0.2) is 0 Å². The van der Waals surface area contributed by atoms with Crippen LogP contribution < -0.4 is 10.6 Å². The van der Waals surface area contributed by atoms with Crippen molar-refractivity contribution in [3.63, 3.8) is 0 Å². The summed E-state index contributed by atoms with van der Waals surface area (Å²) in [5.74, 6) is 0. The highest BCUT2D eigenvalue weighted by atomic mass is 15.1. The molecule has 20 heavy (non-hydrogen) atoms. The van der Waals surface area contributed by atoms with Crippen molar-refractivity contribution in [1.29, 1.82) is 0 Å². The highest BCUT2D eigenvalue weighted by Crippen LogP contribution is 2.28. The van der Waals surface area contributed by atoms with E-state index in [0.717, 1.165) is 6.54 Å². The summed E-state index contributed by atoms with van der Waals surface area (Å²) in [4.78, 5) is 0. The minimum atomic E-state index is 0.235. The van der Waals surface area contributed by atoms with Gasteiger partial charge in [-0.25, -0.2) is 0 Å². The molecular weight excluding hydrogens is 244 g/mol. The number of hydrogen-bond acceptors (Lipinski definition) is 2. The molecular formula is C18H30N2. The zero-order valence-corrected chi connectivity index (χ0v) is 13.5. The lowest BCUT2D eigenvalue weighted by atomic mass is 9.79. The van der Waals surface area contributed by atoms with Crippen LogP contribution in [0.25, 0.3) is 0 Å². The average molecular weight is 274 g/mol. The van der Waals surface area contributed by atoms with E-state index in [0.29, 0.717) is 6.04 Å². The van der Waals surface area contributed by atoms with E-state index in [9.17, 15) is 0 Å². The van der Waals surface area contributed by atoms with Crippen molar-refractivity contribution >= 4 is 0 Å². The first kappa shape index (κ1) is 15.5. The summed E-state index contributed by atoms with van der Waals surface area (Å²) in [6.07, 6.45) is 4.81. The van der Waals surface area contributed by atoms with Crippen LogP contribution in [0.4, 0.5) is 0 Å². The molecule has 2 rings (SSSR count). The molecule has 0 amide bonds. The van der Waals surface area contributed by atoms with E-state index in [-0.39, 0.29) is 11.1 Å². The standard InChI is InChI=1S/C18H30N2/c1-17(2)13-16(14-18(3,4)20-17)19-12-8-11-15-9-6-5-7-10-15/h5-7,9-10,16,19-20H,8,11-14H2,1-4H3. The molecule has 0 radical (unpaired) electrons. The van der Waals surface area contributed by atoms with Gasteiger partial charge in [-0.05, 0) is 65.5 Å². The first-order valence-electron chi connectivity index (χ1n) is 7.93. The predicted octanol–water partition coefficient (Wildman–Crippen LogP) is 3.52. The fraction of sp³-hybridized carbons (Fsp3) is 0.667. The van der Waals surface area contributed by atoms with Gasteiger partial charge in [-0.3, -0.25) is 0 Å². The van der Waals surface area contributed by atoms with E-state index >= 15 is 0 Å². The van der Waals surface area contributed by atoms with Gasteiger partial charge in [-0.15, -0.1) is 0 Å². The van der Waals surface area contributed by atoms with Gasteiger partial charge >= 0.3 is 0 Å². The molecule has 2 nitrogen and oxygen atoms in total. The Morgan fingerprint density at radius 3 is 2.25 bits per heavy atom. The normalized spacial score (nSPS) is 21.8. The first-order chi connectivity index (χ1) is 9.36. The minimum Gasteiger partial charge on any atom is -0.314 e. The van der Waals surface area contributed by atoms with Crippen molar-refractivity contribution in [3.8, 4) is 0 Å². The number of rotatable bonds is 5. The number of piperidine rings is 1. The fourth-order valence-corrected chi connectivity index (χ4v) is 3.71. The van der Waals surface area contributed by atoms with Crippen molar-refractivity contribution in [1.82, 2.24) is 10.6 Å². The van der Waals surface area contributed by atoms with E-state index in [1.54, 1.807) is 0 Å². The third-order valence-corrected chi connectivity index (χ3v) is 4.11. The monoisotopic (exact) mass is 274 g/mol. The Morgan fingerprint density at radius 1 is 1.05 bits per heavy atom. The lowest BCUT2D eigenvalue weighted by Crippen LogP contribution is -2.61. The smallest absolute Gasteiger partial charge is 0.0144 e. The summed E-state index contributed by atoms with van der Waals surface area (Å²) in [5.41, 5.74) is 1.91. The Morgan fingerprint density at radius 2 is 1.65 bits per heavy atom. The molecule has 0 aromatic heterocycles. The molecule has 1 heterocycles. The van der Waals surface area contributed by atoms with E-state index in [1.807, 2.05) is 0 Å². The zero-order valence-electron chi connectivity index (χ0n) is 13.5. The summed E-state index contributed by atoms with van der Waals surface area (Å²) in [6.45, 7) is 10.4. The summed E-state index contributed by atoms with van der Waals surface area (Å²) in [5, 5.41) is 7.50. The molecule has 0 atom stereocenters. The lowest BCUT2D eigenvalue weighted by molar-refractivity contribution is 0.146. The van der Waals surface area contributed by atoms with Crippen molar-refractivity contribution in [3.05, 3.63) is 35.9 Å². The van der Waals surface area contributed by atoms with Gasteiger partial charge in [0.25, 0.3) is 0 Å². The second-order valence-electron chi connectivity index (χ2n) is 7.54. The van der Waals surface area contributed by atoms with Crippen LogP contribution in [0.3, 0.4) is 0 Å². The van der Waals surface area contributed by atoms with E-state index < -0.39 is 0 Å². The molecule has 112 valence electrons. The summed E-state index contributed by atoms with van der Waals surface area (Å²) in [7, 11) is 0. The van der Waals surface area contributed by atoms with Gasteiger partial charge in [0.2, 0.25) is 0 Å². The highest BCUT2D eigenvalue weighted by molar-refractivity contribution is 5.14. The topological polar surface area (TPSA) is 24.1 Å². The average Bonchev–Trinajstić information content (AvgIpc) is 2.32. The number of nitrogens with one attached hydrogen (secondary N) is 2. The van der Waals surface area contributed by atoms with Crippen LogP contribution >= 0.6 is 0 Å². The van der Waals surface area contributed by atoms with Crippen molar-refractivity contribution in [2.75, 3.05) is 6.54 Å². The molecule has 1 aliphatic heterocycles. The van der Waals surface area contributed by atoms with Crippen molar-refractivity contribution in [2.24, 2.45) is 0 Å². The Balaban J connectivity index is 1.74. The molecule has 1 aromatic carbocycles. The molecule has 0 aliphatic carbocycles. The van der Waals surface area contributed by atoms with Crippen LogP contribution in [0.15, 0.2) is 30.3 Å². The predicted molar refractivity (Wildman–Crippen MR) is 87.1 cm³/mol. The SMILES string of the molecule is CC1(C)CC(NCCCc2ccccc2)CC(C)(C)N1. The molecule has 2 N–H and O–H groups in total. The molecule has 1 aromatic rings. The summed E-state index contributed by atoms with van der Waals surface area (Å²) < 4.78 is 0. The van der Waals surface area contributed by atoms with Crippen LogP contribution in [0.1, 0.15) is 52.5 Å². The van der Waals surface area contributed by atoms with Crippen molar-refractivity contribution in [2.45, 2.75) is 70.5 Å². The van der Waals surface area contributed by atoms with E-state index in [1.165, 1.54) is 31.2 Å². The Kier molecular flexibility index (Phi) is 4.87. The molecule has 2 heteroatoms. The van der Waals surface area contributed by atoms with Gasteiger partial charge in [0.05, 0.1) is 0 Å². The minimum absolute atomic E-state index is 0.235. The first-order valence-corrected chi connectivity index (χ1v) is 7.93. The third kappa shape index (κ3) is 4.92. The fourth-order valence-electron chi connectivity index (χ4n) is 3.71. The lowest BCUT2D eigenvalue weighted by Gasteiger charge is -2.46. The van der Waals surface area contributed by atoms with E-state index in [4.69, 9.17) is 0 Å².